The number of carbonyl (C=O) groups excluding carboxylic acids is 1. The summed E-state index contributed by atoms with van der Waals surface area (Å²) in [6.45, 7) is 5.54. The Morgan fingerprint density at radius 2 is 1.93 bits per heavy atom. The molecule has 2 aromatic rings. The van der Waals surface area contributed by atoms with Crippen molar-refractivity contribution in [2.75, 3.05) is 38.1 Å². The highest BCUT2D eigenvalue weighted by Gasteiger charge is 2.17. The van der Waals surface area contributed by atoms with Crippen LogP contribution < -0.4 is 15.8 Å². The third kappa shape index (κ3) is 4.73. The van der Waals surface area contributed by atoms with E-state index in [2.05, 4.69) is 32.4 Å². The normalized spacial score (nSPS) is 16.3. The standard InChI is InChI=1S/C18H27N7O2/c1-4-16(14-10-19-23(3)12-14)21-17(26)13-25-18(27)9-15(11-20-25)24-7-5-22(2)6-8-24/h9-12,16H,4-8,13H2,1-3H3,(H,21,26). The van der Waals surface area contributed by atoms with Crippen LogP contribution in [0.2, 0.25) is 0 Å². The van der Waals surface area contributed by atoms with Crippen molar-refractivity contribution in [3.63, 3.8) is 0 Å². The van der Waals surface area contributed by atoms with Crippen molar-refractivity contribution >= 4 is 11.6 Å². The Morgan fingerprint density at radius 1 is 1.19 bits per heavy atom. The van der Waals surface area contributed by atoms with Crippen molar-refractivity contribution in [1.82, 2.24) is 29.8 Å². The van der Waals surface area contributed by atoms with E-state index in [9.17, 15) is 9.59 Å². The maximum atomic E-state index is 12.4. The molecule has 1 saturated heterocycles. The van der Waals surface area contributed by atoms with Crippen LogP contribution in [0.3, 0.4) is 0 Å². The minimum atomic E-state index is -0.268. The zero-order chi connectivity index (χ0) is 19.4. The number of hydrogen-bond donors (Lipinski definition) is 1. The Balaban J connectivity index is 1.63. The summed E-state index contributed by atoms with van der Waals surface area (Å²) >= 11 is 0. The summed E-state index contributed by atoms with van der Waals surface area (Å²) in [4.78, 5) is 29.2. The lowest BCUT2D eigenvalue weighted by molar-refractivity contribution is -0.122. The summed E-state index contributed by atoms with van der Waals surface area (Å²) < 4.78 is 2.90. The van der Waals surface area contributed by atoms with Gasteiger partial charge in [0.25, 0.3) is 5.56 Å². The molecule has 1 aliphatic heterocycles. The molecular weight excluding hydrogens is 346 g/mol. The topological polar surface area (TPSA) is 88.3 Å². The maximum absolute atomic E-state index is 12.4. The van der Waals surface area contributed by atoms with Crippen molar-refractivity contribution in [3.05, 3.63) is 40.6 Å². The molecule has 3 heterocycles. The summed E-state index contributed by atoms with van der Waals surface area (Å²) in [5, 5.41) is 11.3. The molecule has 0 spiro atoms. The maximum Gasteiger partial charge on any atom is 0.269 e. The lowest BCUT2D eigenvalue weighted by atomic mass is 10.1. The summed E-state index contributed by atoms with van der Waals surface area (Å²) in [6.07, 6.45) is 6.02. The number of amides is 1. The third-order valence-electron chi connectivity index (χ3n) is 4.89. The number of nitrogens with zero attached hydrogens (tertiary/aromatic N) is 6. The fourth-order valence-corrected chi connectivity index (χ4v) is 3.20. The molecule has 146 valence electrons. The number of aryl methyl sites for hydroxylation is 1. The average Bonchev–Trinajstić information content (AvgIpc) is 3.08. The molecule has 2 aromatic heterocycles. The van der Waals surface area contributed by atoms with E-state index in [0.29, 0.717) is 0 Å². The summed E-state index contributed by atoms with van der Waals surface area (Å²) in [6, 6.07) is 1.43. The molecule has 3 rings (SSSR count). The molecule has 0 aliphatic carbocycles. The van der Waals surface area contributed by atoms with Gasteiger partial charge in [0, 0.05) is 51.1 Å². The molecule has 0 bridgehead atoms. The van der Waals surface area contributed by atoms with Gasteiger partial charge in [-0.3, -0.25) is 14.3 Å². The zero-order valence-electron chi connectivity index (χ0n) is 16.1. The van der Waals surface area contributed by atoms with Crippen LogP contribution in [0.5, 0.6) is 0 Å². The van der Waals surface area contributed by atoms with Crippen LogP contribution in [-0.2, 0) is 18.4 Å². The number of hydrogen-bond acceptors (Lipinski definition) is 6. The van der Waals surface area contributed by atoms with Crippen molar-refractivity contribution in [3.8, 4) is 0 Å². The average molecular weight is 373 g/mol. The number of piperazine rings is 1. The van der Waals surface area contributed by atoms with E-state index in [0.717, 1.165) is 43.9 Å². The highest BCUT2D eigenvalue weighted by Crippen LogP contribution is 2.15. The van der Waals surface area contributed by atoms with Crippen LogP contribution in [0, 0.1) is 0 Å². The molecule has 1 fully saturated rings. The van der Waals surface area contributed by atoms with Crippen molar-refractivity contribution in [1.29, 1.82) is 0 Å². The number of rotatable bonds is 6. The van der Waals surface area contributed by atoms with Gasteiger partial charge in [-0.2, -0.15) is 10.2 Å². The minimum Gasteiger partial charge on any atom is -0.368 e. The largest absolute Gasteiger partial charge is 0.368 e. The predicted molar refractivity (Wildman–Crippen MR) is 103 cm³/mol. The first-order valence-corrected chi connectivity index (χ1v) is 9.25. The fourth-order valence-electron chi connectivity index (χ4n) is 3.20. The van der Waals surface area contributed by atoms with E-state index in [1.54, 1.807) is 23.1 Å². The SMILES string of the molecule is CCC(NC(=O)Cn1ncc(N2CCN(C)CC2)cc1=O)c1cnn(C)c1. The van der Waals surface area contributed by atoms with E-state index < -0.39 is 0 Å². The molecular formula is C18H27N7O2. The molecule has 0 saturated carbocycles. The van der Waals surface area contributed by atoms with Gasteiger partial charge in [0.15, 0.2) is 0 Å². The molecule has 9 nitrogen and oxygen atoms in total. The summed E-state index contributed by atoms with van der Waals surface area (Å²) in [5.41, 5.74) is 1.49. The quantitative estimate of drug-likeness (QED) is 0.767. The highest BCUT2D eigenvalue weighted by atomic mass is 16.2. The monoisotopic (exact) mass is 373 g/mol. The Hall–Kier alpha value is -2.68. The second-order valence-electron chi connectivity index (χ2n) is 6.98. The molecule has 1 N–H and O–H groups in total. The van der Waals surface area contributed by atoms with Gasteiger partial charge in [-0.05, 0) is 13.5 Å². The first-order chi connectivity index (χ1) is 13.0. The molecule has 0 aromatic carbocycles. The highest BCUT2D eigenvalue weighted by molar-refractivity contribution is 5.76. The molecule has 0 radical (unpaired) electrons. The molecule has 27 heavy (non-hydrogen) atoms. The fraction of sp³-hybridized carbons (Fsp3) is 0.556. The smallest absolute Gasteiger partial charge is 0.269 e. The molecule has 1 aliphatic rings. The van der Waals surface area contributed by atoms with E-state index >= 15 is 0 Å². The zero-order valence-corrected chi connectivity index (χ0v) is 16.1. The van der Waals surface area contributed by atoms with Gasteiger partial charge in [0.2, 0.25) is 5.91 Å². The van der Waals surface area contributed by atoms with Gasteiger partial charge in [-0.1, -0.05) is 6.92 Å². The Labute approximate surface area is 158 Å². The second kappa shape index (κ2) is 8.34. The molecule has 1 atom stereocenters. The third-order valence-corrected chi connectivity index (χ3v) is 4.89. The number of anilines is 1. The Kier molecular flexibility index (Phi) is 5.90. The van der Waals surface area contributed by atoms with Crippen LogP contribution in [0.4, 0.5) is 5.69 Å². The number of carbonyl (C=O) groups is 1. The van der Waals surface area contributed by atoms with Crippen LogP contribution >= 0.6 is 0 Å². The predicted octanol–water partition coefficient (Wildman–Crippen LogP) is -0.00390. The number of likely N-dealkylation sites (N-methyl/N-ethyl adjacent to an activating group) is 1. The van der Waals surface area contributed by atoms with Gasteiger partial charge in [0.05, 0.1) is 24.1 Å². The van der Waals surface area contributed by atoms with Crippen LogP contribution in [0.25, 0.3) is 0 Å². The van der Waals surface area contributed by atoms with Crippen LogP contribution in [-0.4, -0.2) is 63.6 Å². The lowest BCUT2D eigenvalue weighted by Crippen LogP contribution is -2.45. The summed E-state index contributed by atoms with van der Waals surface area (Å²) in [5.74, 6) is -0.243. The molecule has 1 unspecified atom stereocenters. The Bertz CT molecular complexity index is 836. The van der Waals surface area contributed by atoms with Crippen LogP contribution in [0.1, 0.15) is 24.9 Å². The van der Waals surface area contributed by atoms with Crippen molar-refractivity contribution in [2.45, 2.75) is 25.9 Å². The Morgan fingerprint density at radius 3 is 2.52 bits per heavy atom. The first kappa shape index (κ1) is 19.1. The molecule has 9 heteroatoms. The van der Waals surface area contributed by atoms with Crippen molar-refractivity contribution < 1.29 is 4.79 Å². The van der Waals surface area contributed by atoms with Crippen LogP contribution in [0.15, 0.2) is 29.5 Å². The number of nitrogens with one attached hydrogen (secondary N) is 1. The lowest BCUT2D eigenvalue weighted by Gasteiger charge is -2.33. The number of aromatic nitrogens is 4. The minimum absolute atomic E-state index is 0.0986. The van der Waals surface area contributed by atoms with Gasteiger partial charge < -0.3 is 15.1 Å². The van der Waals surface area contributed by atoms with E-state index in [4.69, 9.17) is 0 Å². The van der Waals surface area contributed by atoms with Crippen molar-refractivity contribution in [2.24, 2.45) is 7.05 Å². The summed E-state index contributed by atoms with van der Waals surface area (Å²) in [7, 11) is 3.92. The van der Waals surface area contributed by atoms with E-state index in [1.165, 1.54) is 4.68 Å². The molecule has 1 amide bonds. The van der Waals surface area contributed by atoms with Gasteiger partial charge in [-0.15, -0.1) is 0 Å². The first-order valence-electron chi connectivity index (χ1n) is 9.25. The van der Waals surface area contributed by atoms with E-state index in [1.807, 2.05) is 20.2 Å². The second-order valence-corrected chi connectivity index (χ2v) is 6.98. The van der Waals surface area contributed by atoms with Gasteiger partial charge >= 0.3 is 0 Å². The van der Waals surface area contributed by atoms with Gasteiger partial charge in [-0.25, -0.2) is 4.68 Å². The van der Waals surface area contributed by atoms with Gasteiger partial charge in [0.1, 0.15) is 6.54 Å². The van der Waals surface area contributed by atoms with E-state index in [-0.39, 0.29) is 24.1 Å².